The molecule has 0 atom stereocenters. The molecule has 0 spiro atoms. The van der Waals surface area contributed by atoms with Crippen molar-refractivity contribution < 1.29 is 14.7 Å². The number of aliphatic carboxylic acids is 1. The molecule has 1 heterocycles. The fourth-order valence-electron chi connectivity index (χ4n) is 0.808. The first-order chi connectivity index (χ1) is 6.59. The van der Waals surface area contributed by atoms with Crippen LogP contribution in [0.5, 0.6) is 0 Å². The molecule has 0 amide bonds. The van der Waals surface area contributed by atoms with Crippen molar-refractivity contribution >= 4 is 23.1 Å². The third-order valence-electron chi connectivity index (χ3n) is 1.42. The quantitative estimate of drug-likeness (QED) is 0.595. The van der Waals surface area contributed by atoms with Crippen LogP contribution in [0.1, 0.15) is 28.6 Å². The van der Waals surface area contributed by atoms with E-state index in [2.05, 4.69) is 11.8 Å². The molecule has 0 aliphatic rings. The maximum atomic E-state index is 10.9. The summed E-state index contributed by atoms with van der Waals surface area (Å²) in [5, 5.41) is 10.1. The van der Waals surface area contributed by atoms with Crippen molar-refractivity contribution in [1.82, 2.24) is 0 Å². The van der Waals surface area contributed by atoms with E-state index in [1.165, 1.54) is 18.3 Å². The van der Waals surface area contributed by atoms with Crippen molar-refractivity contribution in [1.29, 1.82) is 0 Å². The van der Waals surface area contributed by atoms with Gasteiger partial charge in [-0.2, -0.15) is 0 Å². The summed E-state index contributed by atoms with van der Waals surface area (Å²) < 4.78 is 0. The molecule has 4 heteroatoms. The molecule has 0 radical (unpaired) electrons. The highest BCUT2D eigenvalue weighted by Crippen LogP contribution is 2.13. The lowest BCUT2D eigenvalue weighted by atomic mass is 10.2. The van der Waals surface area contributed by atoms with Crippen LogP contribution in [0.2, 0.25) is 0 Å². The van der Waals surface area contributed by atoms with Crippen LogP contribution in [0.25, 0.3) is 0 Å². The van der Waals surface area contributed by atoms with E-state index < -0.39 is 5.97 Å². The minimum atomic E-state index is -0.945. The van der Waals surface area contributed by atoms with Gasteiger partial charge in [0, 0.05) is 10.9 Å². The van der Waals surface area contributed by atoms with Crippen molar-refractivity contribution in [2.24, 2.45) is 0 Å². The Hall–Kier alpha value is -1.60. The van der Waals surface area contributed by atoms with Crippen LogP contribution in [-0.4, -0.2) is 16.9 Å². The summed E-state index contributed by atoms with van der Waals surface area (Å²) in [6.07, 6.45) is -0.175. The first-order valence-electron chi connectivity index (χ1n) is 3.89. The highest BCUT2D eigenvalue weighted by Gasteiger charge is 2.01. The number of rotatable bonds is 2. The molecule has 0 unspecified atom stereocenters. The molecule has 1 rings (SSSR count). The SMILES string of the molecule is CC(=O)c1cc(C#CCC(=O)O)cs1. The smallest absolute Gasteiger partial charge is 0.315 e. The summed E-state index contributed by atoms with van der Waals surface area (Å²) in [6, 6.07) is 1.67. The van der Waals surface area contributed by atoms with E-state index in [0.717, 1.165) is 0 Å². The Morgan fingerprint density at radius 2 is 2.29 bits per heavy atom. The molecule has 0 fully saturated rings. The fourth-order valence-corrected chi connectivity index (χ4v) is 1.55. The average molecular weight is 208 g/mol. The molecule has 0 aliphatic heterocycles. The minimum Gasteiger partial charge on any atom is -0.481 e. The maximum absolute atomic E-state index is 10.9. The van der Waals surface area contributed by atoms with Gasteiger partial charge in [-0.15, -0.1) is 11.3 Å². The highest BCUT2D eigenvalue weighted by atomic mass is 32.1. The van der Waals surface area contributed by atoms with Crippen molar-refractivity contribution in [2.45, 2.75) is 13.3 Å². The van der Waals surface area contributed by atoms with Gasteiger partial charge in [-0.1, -0.05) is 11.8 Å². The van der Waals surface area contributed by atoms with Gasteiger partial charge < -0.3 is 5.11 Å². The number of hydrogen-bond donors (Lipinski definition) is 1. The first-order valence-corrected chi connectivity index (χ1v) is 4.77. The summed E-state index contributed by atoms with van der Waals surface area (Å²) in [5.74, 6) is 4.23. The zero-order chi connectivity index (χ0) is 10.6. The largest absolute Gasteiger partial charge is 0.481 e. The Labute approximate surface area is 85.4 Å². The Morgan fingerprint density at radius 3 is 2.79 bits per heavy atom. The normalized spacial score (nSPS) is 8.93. The predicted octanol–water partition coefficient (Wildman–Crippen LogP) is 1.78. The van der Waals surface area contributed by atoms with Crippen LogP contribution in [0, 0.1) is 11.8 Å². The van der Waals surface area contributed by atoms with E-state index in [1.54, 1.807) is 11.4 Å². The van der Waals surface area contributed by atoms with Crippen molar-refractivity contribution in [3.05, 3.63) is 21.9 Å². The van der Waals surface area contributed by atoms with Crippen LogP contribution in [0.3, 0.4) is 0 Å². The summed E-state index contributed by atoms with van der Waals surface area (Å²) in [4.78, 5) is 21.7. The number of carbonyl (C=O) groups excluding carboxylic acids is 1. The summed E-state index contributed by atoms with van der Waals surface area (Å²) >= 11 is 1.32. The Kier molecular flexibility index (Phi) is 3.43. The zero-order valence-electron chi connectivity index (χ0n) is 7.53. The Balaban J connectivity index is 2.71. The molecule has 0 bridgehead atoms. The molecular formula is C10H8O3S. The lowest BCUT2D eigenvalue weighted by molar-refractivity contribution is -0.135. The molecule has 1 aromatic rings. The van der Waals surface area contributed by atoms with Crippen LogP contribution in [-0.2, 0) is 4.79 Å². The molecule has 1 N–H and O–H groups in total. The standard InChI is InChI=1S/C10H8O3S/c1-7(11)9-5-8(6-14-9)3-2-4-10(12)13/h5-6H,4H2,1H3,(H,12,13). The average Bonchev–Trinajstić information content (AvgIpc) is 2.52. The van der Waals surface area contributed by atoms with Crippen molar-refractivity contribution in [3.8, 4) is 11.8 Å². The minimum absolute atomic E-state index is 0.00119. The second-order valence-electron chi connectivity index (χ2n) is 2.63. The van der Waals surface area contributed by atoms with Crippen LogP contribution >= 0.6 is 11.3 Å². The van der Waals surface area contributed by atoms with Gasteiger partial charge in [0.2, 0.25) is 0 Å². The third-order valence-corrected chi connectivity index (χ3v) is 2.45. The predicted molar refractivity (Wildman–Crippen MR) is 53.5 cm³/mol. The van der Waals surface area contributed by atoms with Gasteiger partial charge in [0.1, 0.15) is 6.42 Å². The van der Waals surface area contributed by atoms with Crippen LogP contribution in [0.4, 0.5) is 0 Å². The number of thiophene rings is 1. The van der Waals surface area contributed by atoms with E-state index in [1.807, 2.05) is 0 Å². The number of ketones is 1. The highest BCUT2D eigenvalue weighted by molar-refractivity contribution is 7.12. The van der Waals surface area contributed by atoms with Gasteiger partial charge in [-0.3, -0.25) is 9.59 Å². The molecule has 0 aromatic carbocycles. The summed E-state index contributed by atoms with van der Waals surface area (Å²) in [6.45, 7) is 1.49. The summed E-state index contributed by atoms with van der Waals surface area (Å²) in [5.41, 5.74) is 0.696. The maximum Gasteiger partial charge on any atom is 0.315 e. The van der Waals surface area contributed by atoms with Gasteiger partial charge in [0.05, 0.1) is 4.88 Å². The molecular weight excluding hydrogens is 200 g/mol. The van der Waals surface area contributed by atoms with Crippen LogP contribution < -0.4 is 0 Å². The topological polar surface area (TPSA) is 54.4 Å². The molecule has 1 aromatic heterocycles. The monoisotopic (exact) mass is 208 g/mol. The fraction of sp³-hybridized carbons (Fsp3) is 0.200. The van der Waals surface area contributed by atoms with Gasteiger partial charge in [-0.05, 0) is 13.0 Å². The Bertz CT molecular complexity index is 420. The van der Waals surface area contributed by atoms with Gasteiger partial charge in [0.15, 0.2) is 5.78 Å². The van der Waals surface area contributed by atoms with E-state index in [0.29, 0.717) is 10.4 Å². The van der Waals surface area contributed by atoms with Crippen molar-refractivity contribution in [3.63, 3.8) is 0 Å². The molecule has 3 nitrogen and oxygen atoms in total. The zero-order valence-corrected chi connectivity index (χ0v) is 8.35. The van der Waals surface area contributed by atoms with E-state index in [4.69, 9.17) is 5.11 Å². The van der Waals surface area contributed by atoms with E-state index >= 15 is 0 Å². The molecule has 0 saturated heterocycles. The Morgan fingerprint density at radius 1 is 1.57 bits per heavy atom. The number of carbonyl (C=O) groups is 2. The second kappa shape index (κ2) is 4.58. The van der Waals surface area contributed by atoms with E-state index in [-0.39, 0.29) is 12.2 Å². The van der Waals surface area contributed by atoms with E-state index in [9.17, 15) is 9.59 Å². The number of carboxylic acid groups (broad SMARTS) is 1. The lowest BCUT2D eigenvalue weighted by Crippen LogP contribution is -1.90. The lowest BCUT2D eigenvalue weighted by Gasteiger charge is -1.81. The van der Waals surface area contributed by atoms with Gasteiger partial charge in [-0.25, -0.2) is 0 Å². The number of Topliss-reactive ketones (excluding diaryl/α,β-unsaturated/α-hetero) is 1. The molecule has 14 heavy (non-hydrogen) atoms. The van der Waals surface area contributed by atoms with Gasteiger partial charge >= 0.3 is 5.97 Å². The molecule has 72 valence electrons. The third kappa shape index (κ3) is 3.04. The number of carboxylic acids is 1. The second-order valence-corrected chi connectivity index (χ2v) is 3.54. The molecule has 0 saturated carbocycles. The van der Waals surface area contributed by atoms with Gasteiger partial charge in [0.25, 0.3) is 0 Å². The summed E-state index contributed by atoms with van der Waals surface area (Å²) in [7, 11) is 0. The van der Waals surface area contributed by atoms with Crippen LogP contribution in [0.15, 0.2) is 11.4 Å². The molecule has 0 aliphatic carbocycles. The number of hydrogen-bond acceptors (Lipinski definition) is 3. The first kappa shape index (κ1) is 10.5. The van der Waals surface area contributed by atoms with Crippen molar-refractivity contribution in [2.75, 3.05) is 0 Å².